The van der Waals surface area contributed by atoms with Crippen LogP contribution in [0.2, 0.25) is 0 Å². The van der Waals surface area contributed by atoms with Crippen molar-refractivity contribution < 1.29 is 9.18 Å². The Bertz CT molecular complexity index is 432. The number of aryl methyl sites for hydroxylation is 1. The van der Waals surface area contributed by atoms with E-state index in [0.717, 1.165) is 30.5 Å². The molecule has 0 aliphatic rings. The van der Waals surface area contributed by atoms with E-state index in [1.165, 1.54) is 12.1 Å². The summed E-state index contributed by atoms with van der Waals surface area (Å²) in [4.78, 5) is 11.5. The first-order chi connectivity index (χ1) is 9.49. The zero-order valence-corrected chi connectivity index (χ0v) is 12.6. The van der Waals surface area contributed by atoms with Crippen molar-refractivity contribution in [3.8, 4) is 0 Å². The molecule has 20 heavy (non-hydrogen) atoms. The van der Waals surface area contributed by atoms with E-state index in [9.17, 15) is 9.18 Å². The SMILES string of the molecule is Cc1cc(F)ccc1CCNCC(=O)NCCC(C)C. The van der Waals surface area contributed by atoms with Crippen LogP contribution in [0.5, 0.6) is 0 Å². The van der Waals surface area contributed by atoms with Gasteiger partial charge in [0.15, 0.2) is 0 Å². The molecular formula is C16H25FN2O. The number of amides is 1. The molecule has 1 amide bonds. The number of benzene rings is 1. The van der Waals surface area contributed by atoms with Gasteiger partial charge in [-0.2, -0.15) is 0 Å². The van der Waals surface area contributed by atoms with Crippen molar-refractivity contribution in [2.75, 3.05) is 19.6 Å². The van der Waals surface area contributed by atoms with Crippen LogP contribution in [-0.4, -0.2) is 25.5 Å². The van der Waals surface area contributed by atoms with Gasteiger partial charge in [-0.3, -0.25) is 4.79 Å². The molecule has 0 atom stereocenters. The van der Waals surface area contributed by atoms with Gasteiger partial charge in [0.2, 0.25) is 5.91 Å². The summed E-state index contributed by atoms with van der Waals surface area (Å²) in [5, 5.41) is 5.99. The number of carbonyl (C=O) groups excluding carboxylic acids is 1. The Morgan fingerprint density at radius 1 is 1.30 bits per heavy atom. The second-order valence-corrected chi connectivity index (χ2v) is 5.53. The first kappa shape index (κ1) is 16.6. The quantitative estimate of drug-likeness (QED) is 0.718. The summed E-state index contributed by atoms with van der Waals surface area (Å²) in [6.45, 7) is 7.94. The van der Waals surface area contributed by atoms with Gasteiger partial charge in [-0.15, -0.1) is 0 Å². The normalized spacial score (nSPS) is 10.8. The van der Waals surface area contributed by atoms with Crippen molar-refractivity contribution in [2.45, 2.75) is 33.6 Å². The fourth-order valence-corrected chi connectivity index (χ4v) is 1.93. The largest absolute Gasteiger partial charge is 0.355 e. The molecule has 0 bridgehead atoms. The predicted octanol–water partition coefficient (Wildman–Crippen LogP) is 2.43. The molecule has 0 heterocycles. The standard InChI is InChI=1S/C16H25FN2O/c1-12(2)6-9-19-16(20)11-18-8-7-14-4-5-15(17)10-13(14)3/h4-5,10,12,18H,6-9,11H2,1-3H3,(H,19,20). The average Bonchev–Trinajstić information content (AvgIpc) is 2.36. The van der Waals surface area contributed by atoms with Crippen molar-refractivity contribution in [1.82, 2.24) is 10.6 Å². The Balaban J connectivity index is 2.16. The lowest BCUT2D eigenvalue weighted by atomic mass is 10.1. The van der Waals surface area contributed by atoms with E-state index in [1.807, 2.05) is 6.92 Å². The second kappa shape index (κ2) is 8.69. The van der Waals surface area contributed by atoms with Gasteiger partial charge in [-0.05, 0) is 55.5 Å². The summed E-state index contributed by atoms with van der Waals surface area (Å²) in [5.74, 6) is 0.426. The predicted molar refractivity (Wildman–Crippen MR) is 80.2 cm³/mol. The summed E-state index contributed by atoms with van der Waals surface area (Å²) in [5.41, 5.74) is 2.06. The summed E-state index contributed by atoms with van der Waals surface area (Å²) in [6, 6.07) is 4.81. The van der Waals surface area contributed by atoms with Crippen molar-refractivity contribution >= 4 is 5.91 Å². The van der Waals surface area contributed by atoms with Crippen LogP contribution < -0.4 is 10.6 Å². The molecule has 1 aromatic rings. The van der Waals surface area contributed by atoms with Crippen LogP contribution in [-0.2, 0) is 11.2 Å². The van der Waals surface area contributed by atoms with Gasteiger partial charge in [0, 0.05) is 6.54 Å². The highest BCUT2D eigenvalue weighted by Crippen LogP contribution is 2.10. The van der Waals surface area contributed by atoms with E-state index in [2.05, 4.69) is 24.5 Å². The van der Waals surface area contributed by atoms with Crippen LogP contribution >= 0.6 is 0 Å². The average molecular weight is 280 g/mol. The monoisotopic (exact) mass is 280 g/mol. The Morgan fingerprint density at radius 2 is 2.05 bits per heavy atom. The summed E-state index contributed by atoms with van der Waals surface area (Å²) in [6.07, 6.45) is 1.80. The van der Waals surface area contributed by atoms with Gasteiger partial charge in [-0.1, -0.05) is 19.9 Å². The van der Waals surface area contributed by atoms with Crippen LogP contribution in [0, 0.1) is 18.7 Å². The third-order valence-corrected chi connectivity index (χ3v) is 3.21. The number of carbonyl (C=O) groups is 1. The molecule has 0 aliphatic heterocycles. The first-order valence-electron chi connectivity index (χ1n) is 7.21. The third-order valence-electron chi connectivity index (χ3n) is 3.21. The number of nitrogens with one attached hydrogen (secondary N) is 2. The van der Waals surface area contributed by atoms with Crippen molar-refractivity contribution in [3.63, 3.8) is 0 Å². The van der Waals surface area contributed by atoms with Gasteiger partial charge >= 0.3 is 0 Å². The van der Waals surface area contributed by atoms with Crippen molar-refractivity contribution in [2.24, 2.45) is 5.92 Å². The molecule has 112 valence electrons. The van der Waals surface area contributed by atoms with Crippen molar-refractivity contribution in [3.05, 3.63) is 35.1 Å². The molecule has 0 saturated heterocycles. The Labute approximate surface area is 121 Å². The maximum atomic E-state index is 12.9. The number of hydrogen-bond donors (Lipinski definition) is 2. The number of halogens is 1. The minimum absolute atomic E-state index is 0.0291. The maximum absolute atomic E-state index is 12.9. The van der Waals surface area contributed by atoms with Crippen LogP contribution in [0.4, 0.5) is 4.39 Å². The fraction of sp³-hybridized carbons (Fsp3) is 0.562. The minimum Gasteiger partial charge on any atom is -0.355 e. The molecule has 0 aromatic heterocycles. The zero-order valence-electron chi connectivity index (χ0n) is 12.6. The van der Waals surface area contributed by atoms with Crippen LogP contribution in [0.25, 0.3) is 0 Å². The highest BCUT2D eigenvalue weighted by molar-refractivity contribution is 5.77. The van der Waals surface area contributed by atoms with Gasteiger partial charge < -0.3 is 10.6 Å². The molecule has 2 N–H and O–H groups in total. The highest BCUT2D eigenvalue weighted by atomic mass is 19.1. The van der Waals surface area contributed by atoms with Gasteiger partial charge in [0.1, 0.15) is 5.82 Å². The van der Waals surface area contributed by atoms with Crippen LogP contribution in [0.15, 0.2) is 18.2 Å². The highest BCUT2D eigenvalue weighted by Gasteiger charge is 2.03. The van der Waals surface area contributed by atoms with E-state index < -0.39 is 0 Å². The van der Waals surface area contributed by atoms with E-state index >= 15 is 0 Å². The Morgan fingerprint density at radius 3 is 2.70 bits per heavy atom. The molecule has 1 rings (SSSR count). The smallest absolute Gasteiger partial charge is 0.233 e. The molecule has 0 unspecified atom stereocenters. The molecule has 0 spiro atoms. The molecule has 0 saturated carbocycles. The van der Waals surface area contributed by atoms with E-state index in [0.29, 0.717) is 19.0 Å². The number of hydrogen-bond acceptors (Lipinski definition) is 2. The lowest BCUT2D eigenvalue weighted by molar-refractivity contribution is -0.120. The lowest BCUT2D eigenvalue weighted by Crippen LogP contribution is -2.35. The van der Waals surface area contributed by atoms with E-state index in [-0.39, 0.29) is 11.7 Å². The molecule has 0 radical (unpaired) electrons. The van der Waals surface area contributed by atoms with E-state index in [4.69, 9.17) is 0 Å². The lowest BCUT2D eigenvalue weighted by Gasteiger charge is -2.09. The van der Waals surface area contributed by atoms with Gasteiger partial charge in [0.25, 0.3) is 0 Å². The summed E-state index contributed by atoms with van der Waals surface area (Å²) >= 11 is 0. The number of rotatable bonds is 8. The Hall–Kier alpha value is -1.42. The first-order valence-corrected chi connectivity index (χ1v) is 7.21. The maximum Gasteiger partial charge on any atom is 0.233 e. The summed E-state index contributed by atoms with van der Waals surface area (Å²) in [7, 11) is 0. The fourth-order valence-electron chi connectivity index (χ4n) is 1.93. The molecule has 4 heteroatoms. The molecule has 3 nitrogen and oxygen atoms in total. The summed E-state index contributed by atoms with van der Waals surface area (Å²) < 4.78 is 12.9. The van der Waals surface area contributed by atoms with Gasteiger partial charge in [0.05, 0.1) is 6.54 Å². The van der Waals surface area contributed by atoms with Crippen molar-refractivity contribution in [1.29, 1.82) is 0 Å². The second-order valence-electron chi connectivity index (χ2n) is 5.53. The topological polar surface area (TPSA) is 41.1 Å². The minimum atomic E-state index is -0.205. The molecule has 1 aromatic carbocycles. The molecular weight excluding hydrogens is 255 g/mol. The Kier molecular flexibility index (Phi) is 7.23. The molecule has 0 aliphatic carbocycles. The van der Waals surface area contributed by atoms with Crippen LogP contribution in [0.3, 0.4) is 0 Å². The van der Waals surface area contributed by atoms with Gasteiger partial charge in [-0.25, -0.2) is 4.39 Å². The zero-order chi connectivity index (χ0) is 15.0. The van der Waals surface area contributed by atoms with E-state index in [1.54, 1.807) is 6.07 Å². The third kappa shape index (κ3) is 6.66. The van der Waals surface area contributed by atoms with Crippen LogP contribution in [0.1, 0.15) is 31.4 Å². The molecule has 0 fully saturated rings.